The van der Waals surface area contributed by atoms with E-state index in [0.717, 1.165) is 39.1 Å². The number of nitrogens with zero attached hydrogens (tertiary/aromatic N) is 1. The van der Waals surface area contributed by atoms with E-state index in [1.165, 1.54) is 5.75 Å². The molecule has 0 unspecified atom stereocenters. The largest absolute Gasteiger partial charge is 0.381 e. The first kappa shape index (κ1) is 12.3. The fourth-order valence-electron chi connectivity index (χ4n) is 1.96. The van der Waals surface area contributed by atoms with E-state index in [-0.39, 0.29) is 5.54 Å². The standard InChI is InChI=1S/C10H22N2OS/c1-12(5-8-14-2)10(9-11)3-6-13-7-4-10/h3-9,11H2,1-2H3. The SMILES string of the molecule is CSCCN(C)C1(CN)CCOCC1. The number of ether oxygens (including phenoxy) is 1. The van der Waals surface area contributed by atoms with Crippen LogP contribution in [0.4, 0.5) is 0 Å². The van der Waals surface area contributed by atoms with Gasteiger partial charge in [0.25, 0.3) is 0 Å². The summed E-state index contributed by atoms with van der Waals surface area (Å²) in [4.78, 5) is 2.42. The van der Waals surface area contributed by atoms with Crippen LogP contribution in [0.25, 0.3) is 0 Å². The van der Waals surface area contributed by atoms with E-state index in [2.05, 4.69) is 18.2 Å². The molecule has 0 saturated carbocycles. The number of likely N-dealkylation sites (N-methyl/N-ethyl adjacent to an activating group) is 1. The maximum Gasteiger partial charge on any atom is 0.0484 e. The maximum absolute atomic E-state index is 5.91. The van der Waals surface area contributed by atoms with Gasteiger partial charge in [0.1, 0.15) is 0 Å². The molecule has 1 aliphatic heterocycles. The average Bonchev–Trinajstić information content (AvgIpc) is 2.26. The third kappa shape index (κ3) is 2.86. The lowest BCUT2D eigenvalue weighted by molar-refractivity contribution is -0.0104. The van der Waals surface area contributed by atoms with E-state index in [1.54, 1.807) is 0 Å². The van der Waals surface area contributed by atoms with Gasteiger partial charge in [-0.1, -0.05) is 0 Å². The molecule has 4 heteroatoms. The zero-order chi connectivity index (χ0) is 10.4. The summed E-state index contributed by atoms with van der Waals surface area (Å²) in [5.74, 6) is 1.18. The minimum atomic E-state index is 0.202. The number of thioether (sulfide) groups is 1. The molecule has 0 aromatic rings. The molecule has 1 fully saturated rings. The van der Waals surface area contributed by atoms with Gasteiger partial charge in [-0.15, -0.1) is 0 Å². The molecule has 84 valence electrons. The van der Waals surface area contributed by atoms with Gasteiger partial charge in [0.15, 0.2) is 0 Å². The summed E-state index contributed by atoms with van der Waals surface area (Å²) in [6.45, 7) is 3.60. The molecule has 3 nitrogen and oxygen atoms in total. The number of hydrogen-bond acceptors (Lipinski definition) is 4. The molecule has 0 aromatic heterocycles. The fraction of sp³-hybridized carbons (Fsp3) is 1.00. The first-order chi connectivity index (χ1) is 6.75. The minimum Gasteiger partial charge on any atom is -0.381 e. The quantitative estimate of drug-likeness (QED) is 0.740. The van der Waals surface area contributed by atoms with Gasteiger partial charge in [0, 0.05) is 37.6 Å². The van der Waals surface area contributed by atoms with Gasteiger partial charge in [-0.05, 0) is 26.1 Å². The highest BCUT2D eigenvalue weighted by Gasteiger charge is 2.34. The third-order valence-electron chi connectivity index (χ3n) is 3.24. The van der Waals surface area contributed by atoms with E-state index in [4.69, 9.17) is 10.5 Å². The van der Waals surface area contributed by atoms with Crippen molar-refractivity contribution >= 4 is 11.8 Å². The lowest BCUT2D eigenvalue weighted by Crippen LogP contribution is -2.55. The molecule has 2 N–H and O–H groups in total. The van der Waals surface area contributed by atoms with Gasteiger partial charge < -0.3 is 10.5 Å². The van der Waals surface area contributed by atoms with Crippen LogP contribution in [-0.2, 0) is 4.74 Å². The topological polar surface area (TPSA) is 38.5 Å². The summed E-state index contributed by atoms with van der Waals surface area (Å²) >= 11 is 1.89. The maximum atomic E-state index is 5.91. The molecule has 14 heavy (non-hydrogen) atoms. The molecule has 1 heterocycles. The third-order valence-corrected chi connectivity index (χ3v) is 3.83. The first-order valence-corrected chi connectivity index (χ1v) is 6.62. The monoisotopic (exact) mass is 218 g/mol. The van der Waals surface area contributed by atoms with Crippen molar-refractivity contribution in [3.8, 4) is 0 Å². The van der Waals surface area contributed by atoms with Crippen LogP contribution in [0.5, 0.6) is 0 Å². The lowest BCUT2D eigenvalue weighted by atomic mass is 9.88. The Kier molecular flexibility index (Phi) is 5.23. The minimum absolute atomic E-state index is 0.202. The first-order valence-electron chi connectivity index (χ1n) is 5.23. The normalized spacial score (nSPS) is 21.4. The van der Waals surface area contributed by atoms with Crippen molar-refractivity contribution in [3.63, 3.8) is 0 Å². The molecule has 1 aliphatic rings. The molecular formula is C10H22N2OS. The van der Waals surface area contributed by atoms with Crippen LogP contribution < -0.4 is 5.73 Å². The molecule has 1 saturated heterocycles. The highest BCUT2D eigenvalue weighted by molar-refractivity contribution is 7.98. The molecule has 0 spiro atoms. The Morgan fingerprint density at radius 2 is 2.07 bits per heavy atom. The van der Waals surface area contributed by atoms with E-state index >= 15 is 0 Å². The Morgan fingerprint density at radius 3 is 2.57 bits per heavy atom. The van der Waals surface area contributed by atoms with Gasteiger partial charge in [-0.2, -0.15) is 11.8 Å². The van der Waals surface area contributed by atoms with Crippen molar-refractivity contribution in [1.29, 1.82) is 0 Å². The van der Waals surface area contributed by atoms with Crippen molar-refractivity contribution in [3.05, 3.63) is 0 Å². The van der Waals surface area contributed by atoms with Crippen LogP contribution >= 0.6 is 11.8 Å². The molecule has 0 atom stereocenters. The number of nitrogens with two attached hydrogens (primary N) is 1. The zero-order valence-electron chi connectivity index (χ0n) is 9.29. The Bertz CT molecular complexity index is 160. The van der Waals surface area contributed by atoms with Crippen LogP contribution in [0.1, 0.15) is 12.8 Å². The lowest BCUT2D eigenvalue weighted by Gasteiger charge is -2.43. The summed E-state index contributed by atoms with van der Waals surface area (Å²) in [6.07, 6.45) is 4.30. The second-order valence-corrected chi connectivity index (χ2v) is 4.94. The van der Waals surface area contributed by atoms with Gasteiger partial charge >= 0.3 is 0 Å². The van der Waals surface area contributed by atoms with Crippen molar-refractivity contribution in [2.75, 3.05) is 45.4 Å². The number of rotatable bonds is 5. The van der Waals surface area contributed by atoms with Crippen molar-refractivity contribution in [1.82, 2.24) is 4.90 Å². The Balaban J connectivity index is 2.48. The van der Waals surface area contributed by atoms with Crippen LogP contribution in [0, 0.1) is 0 Å². The van der Waals surface area contributed by atoms with Gasteiger partial charge in [-0.3, -0.25) is 4.90 Å². The average molecular weight is 218 g/mol. The van der Waals surface area contributed by atoms with Crippen molar-refractivity contribution in [2.24, 2.45) is 5.73 Å². The van der Waals surface area contributed by atoms with E-state index in [1.807, 2.05) is 11.8 Å². The van der Waals surface area contributed by atoms with E-state index in [0.29, 0.717) is 0 Å². The molecule has 0 aromatic carbocycles. The van der Waals surface area contributed by atoms with E-state index in [9.17, 15) is 0 Å². The molecule has 0 amide bonds. The summed E-state index contributed by atoms with van der Waals surface area (Å²) in [5.41, 5.74) is 6.11. The summed E-state index contributed by atoms with van der Waals surface area (Å²) < 4.78 is 5.39. The van der Waals surface area contributed by atoms with Crippen molar-refractivity contribution in [2.45, 2.75) is 18.4 Å². The molecule has 0 radical (unpaired) electrons. The van der Waals surface area contributed by atoms with Crippen LogP contribution in [0.2, 0.25) is 0 Å². The Labute approximate surface area is 91.4 Å². The Morgan fingerprint density at radius 1 is 1.43 bits per heavy atom. The van der Waals surface area contributed by atoms with Gasteiger partial charge in [0.2, 0.25) is 0 Å². The molecular weight excluding hydrogens is 196 g/mol. The van der Waals surface area contributed by atoms with Gasteiger partial charge in [0.05, 0.1) is 0 Å². The molecule has 1 rings (SSSR count). The predicted octanol–water partition coefficient (Wildman–Crippen LogP) is 0.789. The fourth-order valence-corrected chi connectivity index (χ4v) is 2.41. The zero-order valence-corrected chi connectivity index (χ0v) is 10.1. The molecule has 0 aliphatic carbocycles. The van der Waals surface area contributed by atoms with Gasteiger partial charge in [-0.25, -0.2) is 0 Å². The van der Waals surface area contributed by atoms with Crippen LogP contribution in [0.15, 0.2) is 0 Å². The summed E-state index contributed by atoms with van der Waals surface area (Å²) in [7, 11) is 2.19. The predicted molar refractivity (Wildman–Crippen MR) is 62.9 cm³/mol. The summed E-state index contributed by atoms with van der Waals surface area (Å²) in [5, 5.41) is 0. The summed E-state index contributed by atoms with van der Waals surface area (Å²) in [6, 6.07) is 0. The van der Waals surface area contributed by atoms with Crippen LogP contribution in [0.3, 0.4) is 0 Å². The molecule has 0 bridgehead atoms. The second-order valence-electron chi connectivity index (χ2n) is 3.96. The van der Waals surface area contributed by atoms with E-state index < -0.39 is 0 Å². The smallest absolute Gasteiger partial charge is 0.0484 e. The highest BCUT2D eigenvalue weighted by Crippen LogP contribution is 2.25. The van der Waals surface area contributed by atoms with Crippen molar-refractivity contribution < 1.29 is 4.74 Å². The number of hydrogen-bond donors (Lipinski definition) is 1. The Hall–Kier alpha value is 0.230. The van der Waals surface area contributed by atoms with Crippen LogP contribution in [-0.4, -0.2) is 55.8 Å². The highest BCUT2D eigenvalue weighted by atomic mass is 32.2. The second kappa shape index (κ2) is 5.95.